The van der Waals surface area contributed by atoms with Gasteiger partial charge < -0.3 is 10.1 Å². The van der Waals surface area contributed by atoms with Crippen LogP contribution in [0.3, 0.4) is 0 Å². The molecule has 0 bridgehead atoms. The highest BCUT2D eigenvalue weighted by atomic mass is 35.5. The third-order valence-electron chi connectivity index (χ3n) is 3.19. The van der Waals surface area contributed by atoms with Crippen LogP contribution in [-0.2, 0) is 4.79 Å². The van der Waals surface area contributed by atoms with E-state index in [-0.39, 0.29) is 5.91 Å². The van der Waals surface area contributed by atoms with Gasteiger partial charge in [0.1, 0.15) is 5.75 Å². The molecule has 0 fully saturated rings. The fraction of sp³-hybridized carbons (Fsp3) is 0.125. The number of fused-ring (bicyclic) bond motifs is 1. The summed E-state index contributed by atoms with van der Waals surface area (Å²) < 4.78 is 5.39. The molecule has 0 atom stereocenters. The minimum Gasteiger partial charge on any atom is -0.423 e. The number of halogens is 1. The smallest absolute Gasteiger partial charge is 0.343 e. The summed E-state index contributed by atoms with van der Waals surface area (Å²) >= 11 is 7.33. The molecule has 1 amide bonds. The van der Waals surface area contributed by atoms with Gasteiger partial charge in [-0.25, -0.2) is 4.79 Å². The number of ether oxygens (including phenoxy) is 1. The van der Waals surface area contributed by atoms with E-state index in [1.165, 1.54) is 11.8 Å². The van der Waals surface area contributed by atoms with Crippen LogP contribution in [0.25, 0.3) is 0 Å². The van der Waals surface area contributed by atoms with Gasteiger partial charge in [0.25, 0.3) is 0 Å². The molecule has 1 aliphatic rings. The fourth-order valence-corrected chi connectivity index (χ4v) is 3.11. The van der Waals surface area contributed by atoms with Gasteiger partial charge in [-0.2, -0.15) is 0 Å². The summed E-state index contributed by atoms with van der Waals surface area (Å²) in [6.45, 7) is 1.82. The number of thioether (sulfide) groups is 1. The summed E-state index contributed by atoms with van der Waals surface area (Å²) in [6, 6.07) is 10.2. The largest absolute Gasteiger partial charge is 0.423 e. The quantitative estimate of drug-likeness (QED) is 0.668. The van der Waals surface area contributed by atoms with E-state index in [1.807, 2.05) is 13.0 Å². The number of aryl methyl sites for hydroxylation is 1. The SMILES string of the molecule is Cc1cc(Cl)ccc1OC(=O)c1ccc2c(c1)NC(=O)CS2. The van der Waals surface area contributed by atoms with E-state index in [9.17, 15) is 9.59 Å². The van der Waals surface area contributed by atoms with Crippen molar-refractivity contribution in [2.75, 3.05) is 11.1 Å². The van der Waals surface area contributed by atoms with Crippen molar-refractivity contribution in [3.05, 3.63) is 52.5 Å². The number of carbonyl (C=O) groups excluding carboxylic acids is 2. The van der Waals surface area contributed by atoms with Crippen LogP contribution in [0.15, 0.2) is 41.3 Å². The first kappa shape index (κ1) is 14.9. The highest BCUT2D eigenvalue weighted by molar-refractivity contribution is 8.00. The first-order valence-corrected chi connectivity index (χ1v) is 7.94. The summed E-state index contributed by atoms with van der Waals surface area (Å²) in [5, 5.41) is 3.34. The summed E-state index contributed by atoms with van der Waals surface area (Å²) in [7, 11) is 0. The van der Waals surface area contributed by atoms with Crippen molar-refractivity contribution in [1.29, 1.82) is 0 Å². The molecule has 2 aromatic carbocycles. The number of carbonyl (C=O) groups is 2. The van der Waals surface area contributed by atoms with Gasteiger partial charge in [0, 0.05) is 9.92 Å². The lowest BCUT2D eigenvalue weighted by Crippen LogP contribution is -2.19. The lowest BCUT2D eigenvalue weighted by molar-refractivity contribution is -0.113. The number of hydrogen-bond donors (Lipinski definition) is 1. The molecule has 1 heterocycles. The zero-order valence-electron chi connectivity index (χ0n) is 11.7. The number of hydrogen-bond acceptors (Lipinski definition) is 4. The number of amides is 1. The third kappa shape index (κ3) is 3.10. The predicted molar refractivity (Wildman–Crippen MR) is 86.9 cm³/mol. The van der Waals surface area contributed by atoms with E-state index in [4.69, 9.17) is 16.3 Å². The van der Waals surface area contributed by atoms with Crippen LogP contribution in [0.1, 0.15) is 15.9 Å². The Morgan fingerprint density at radius 1 is 1.27 bits per heavy atom. The maximum atomic E-state index is 12.2. The van der Waals surface area contributed by atoms with Crippen LogP contribution < -0.4 is 10.1 Å². The molecule has 2 aromatic rings. The maximum absolute atomic E-state index is 12.2. The molecule has 1 aliphatic heterocycles. The van der Waals surface area contributed by atoms with Crippen LogP contribution in [0.4, 0.5) is 5.69 Å². The van der Waals surface area contributed by atoms with Gasteiger partial charge in [0.05, 0.1) is 17.0 Å². The summed E-state index contributed by atoms with van der Waals surface area (Å²) in [4.78, 5) is 24.6. The van der Waals surface area contributed by atoms with E-state index < -0.39 is 5.97 Å². The van der Waals surface area contributed by atoms with Crippen molar-refractivity contribution in [3.63, 3.8) is 0 Å². The van der Waals surface area contributed by atoms with Gasteiger partial charge in [0.15, 0.2) is 0 Å². The second-order valence-electron chi connectivity index (χ2n) is 4.85. The molecular formula is C16H12ClNO3S. The molecule has 0 spiro atoms. The second-order valence-corrected chi connectivity index (χ2v) is 6.30. The number of rotatable bonds is 2. The Morgan fingerprint density at radius 2 is 2.09 bits per heavy atom. The van der Waals surface area contributed by atoms with Crippen molar-refractivity contribution < 1.29 is 14.3 Å². The second kappa shape index (κ2) is 6.02. The highest BCUT2D eigenvalue weighted by Gasteiger charge is 2.18. The van der Waals surface area contributed by atoms with Crippen molar-refractivity contribution in [3.8, 4) is 5.75 Å². The molecule has 4 nitrogen and oxygen atoms in total. The van der Waals surface area contributed by atoms with Crippen LogP contribution >= 0.6 is 23.4 Å². The number of nitrogens with one attached hydrogen (secondary N) is 1. The minimum atomic E-state index is -0.474. The van der Waals surface area contributed by atoms with Gasteiger partial charge >= 0.3 is 5.97 Å². The molecule has 0 saturated heterocycles. The molecule has 0 aromatic heterocycles. The van der Waals surface area contributed by atoms with E-state index in [0.717, 1.165) is 10.5 Å². The van der Waals surface area contributed by atoms with E-state index in [2.05, 4.69) is 5.32 Å². The van der Waals surface area contributed by atoms with Crippen molar-refractivity contribution in [2.45, 2.75) is 11.8 Å². The first-order valence-electron chi connectivity index (χ1n) is 6.58. The van der Waals surface area contributed by atoms with Crippen molar-refractivity contribution in [1.82, 2.24) is 0 Å². The maximum Gasteiger partial charge on any atom is 0.343 e. The predicted octanol–water partition coefficient (Wildman–Crippen LogP) is 3.91. The molecule has 112 valence electrons. The van der Waals surface area contributed by atoms with Crippen molar-refractivity contribution >= 4 is 40.9 Å². The Balaban J connectivity index is 1.83. The molecule has 0 saturated carbocycles. The summed E-state index contributed by atoms with van der Waals surface area (Å²) in [6.07, 6.45) is 0. The molecule has 6 heteroatoms. The Morgan fingerprint density at radius 3 is 2.86 bits per heavy atom. The molecule has 22 heavy (non-hydrogen) atoms. The zero-order valence-corrected chi connectivity index (χ0v) is 13.3. The van der Waals surface area contributed by atoms with Gasteiger partial charge in [-0.1, -0.05) is 11.6 Å². The topological polar surface area (TPSA) is 55.4 Å². The molecule has 1 N–H and O–H groups in total. The van der Waals surface area contributed by atoms with Crippen LogP contribution in [0, 0.1) is 6.92 Å². The van der Waals surface area contributed by atoms with Gasteiger partial charge in [0.2, 0.25) is 5.91 Å². The van der Waals surface area contributed by atoms with Crippen molar-refractivity contribution in [2.24, 2.45) is 0 Å². The average molecular weight is 334 g/mol. The van der Waals surface area contributed by atoms with E-state index in [0.29, 0.717) is 27.8 Å². The van der Waals surface area contributed by atoms with Crippen LogP contribution in [0.5, 0.6) is 5.75 Å². The Labute approximate surface area is 136 Å². The number of anilines is 1. The Kier molecular flexibility index (Phi) is 4.09. The molecule has 0 unspecified atom stereocenters. The molecule has 0 radical (unpaired) electrons. The highest BCUT2D eigenvalue weighted by Crippen LogP contribution is 2.32. The molecule has 3 rings (SSSR count). The van der Waals surface area contributed by atoms with Gasteiger partial charge in [-0.15, -0.1) is 11.8 Å². The first-order chi connectivity index (χ1) is 10.5. The van der Waals surface area contributed by atoms with Gasteiger partial charge in [-0.05, 0) is 48.9 Å². The summed E-state index contributed by atoms with van der Waals surface area (Å²) in [5.41, 5.74) is 1.81. The molecule has 0 aliphatic carbocycles. The van der Waals surface area contributed by atoms with Crippen LogP contribution in [0.2, 0.25) is 5.02 Å². The summed E-state index contributed by atoms with van der Waals surface area (Å²) in [5.74, 6) is 0.306. The van der Waals surface area contributed by atoms with Gasteiger partial charge in [-0.3, -0.25) is 4.79 Å². The fourth-order valence-electron chi connectivity index (χ4n) is 2.10. The minimum absolute atomic E-state index is 0.0726. The monoisotopic (exact) mass is 333 g/mol. The number of esters is 1. The standard InChI is InChI=1S/C16H12ClNO3S/c1-9-6-11(17)3-4-13(9)21-16(20)10-2-5-14-12(7-10)18-15(19)8-22-14/h2-7H,8H2,1H3,(H,18,19). The van der Waals surface area contributed by atoms with E-state index >= 15 is 0 Å². The normalized spacial score (nSPS) is 13.3. The van der Waals surface area contributed by atoms with Crippen LogP contribution in [-0.4, -0.2) is 17.6 Å². The Bertz CT molecular complexity index is 776. The third-order valence-corrected chi connectivity index (χ3v) is 4.50. The molecular weight excluding hydrogens is 322 g/mol. The average Bonchev–Trinajstić information content (AvgIpc) is 2.49. The lowest BCUT2D eigenvalue weighted by atomic mass is 10.2. The van der Waals surface area contributed by atoms with E-state index in [1.54, 1.807) is 30.3 Å². The lowest BCUT2D eigenvalue weighted by Gasteiger charge is -2.16. The number of benzene rings is 2. The Hall–Kier alpha value is -1.98. The zero-order chi connectivity index (χ0) is 15.7.